The Morgan fingerprint density at radius 3 is 2.62 bits per heavy atom. The smallest absolute Gasteiger partial charge is 0.0413 e. The Kier molecular flexibility index (Phi) is 3.67. The average Bonchev–Trinajstić information content (AvgIpc) is 3.00. The van der Waals surface area contributed by atoms with Gasteiger partial charge in [-0.15, -0.1) is 11.3 Å². The molecule has 1 fully saturated rings. The summed E-state index contributed by atoms with van der Waals surface area (Å²) in [6.07, 6.45) is 2.73. The van der Waals surface area contributed by atoms with E-state index in [0.29, 0.717) is 12.1 Å². The van der Waals surface area contributed by atoms with Crippen LogP contribution in [0.2, 0.25) is 0 Å². The Bertz CT molecular complexity index is 343. The van der Waals surface area contributed by atoms with Crippen LogP contribution in [0.15, 0.2) is 12.1 Å². The van der Waals surface area contributed by atoms with Crippen LogP contribution in [0.4, 0.5) is 0 Å². The molecule has 16 heavy (non-hydrogen) atoms. The molecule has 2 rings (SSSR count). The molecular formula is C13H22N2S. The normalized spacial score (nSPS) is 20.1. The largest absolute Gasteiger partial charge is 0.329 e. The lowest BCUT2D eigenvalue weighted by Crippen LogP contribution is -2.40. The first-order valence-corrected chi connectivity index (χ1v) is 6.93. The predicted molar refractivity (Wildman–Crippen MR) is 70.8 cm³/mol. The van der Waals surface area contributed by atoms with Crippen molar-refractivity contribution in [2.45, 2.75) is 38.8 Å². The van der Waals surface area contributed by atoms with Crippen LogP contribution in [0.5, 0.6) is 0 Å². The minimum absolute atomic E-state index is 0.493. The topological polar surface area (TPSA) is 29.3 Å². The van der Waals surface area contributed by atoms with Crippen molar-refractivity contribution in [2.24, 2.45) is 11.7 Å². The lowest BCUT2D eigenvalue weighted by molar-refractivity contribution is 0.172. The first-order chi connectivity index (χ1) is 7.63. The van der Waals surface area contributed by atoms with Crippen LogP contribution in [0, 0.1) is 12.8 Å². The fourth-order valence-electron chi connectivity index (χ4n) is 2.34. The maximum absolute atomic E-state index is 5.90. The van der Waals surface area contributed by atoms with Gasteiger partial charge in [0.15, 0.2) is 0 Å². The fourth-order valence-corrected chi connectivity index (χ4v) is 3.32. The van der Waals surface area contributed by atoms with Gasteiger partial charge < -0.3 is 5.73 Å². The van der Waals surface area contributed by atoms with Crippen molar-refractivity contribution < 1.29 is 0 Å². The third-order valence-electron chi connectivity index (χ3n) is 3.71. The monoisotopic (exact) mass is 238 g/mol. The third-order valence-corrected chi connectivity index (χ3v) is 4.89. The van der Waals surface area contributed by atoms with E-state index in [0.717, 1.165) is 12.5 Å². The highest BCUT2D eigenvalue weighted by Crippen LogP contribution is 2.38. The molecule has 2 nitrogen and oxygen atoms in total. The summed E-state index contributed by atoms with van der Waals surface area (Å²) in [5, 5.41) is 0. The molecule has 0 aromatic carbocycles. The van der Waals surface area contributed by atoms with Crippen LogP contribution in [0.3, 0.4) is 0 Å². The summed E-state index contributed by atoms with van der Waals surface area (Å²) in [5.74, 6) is 0.846. The number of rotatable bonds is 5. The molecule has 0 aliphatic heterocycles. The Morgan fingerprint density at radius 2 is 2.19 bits per heavy atom. The van der Waals surface area contributed by atoms with Gasteiger partial charge >= 0.3 is 0 Å². The van der Waals surface area contributed by atoms with Crippen molar-refractivity contribution in [3.63, 3.8) is 0 Å². The van der Waals surface area contributed by atoms with Crippen LogP contribution in [-0.2, 0) is 0 Å². The minimum Gasteiger partial charge on any atom is -0.329 e. The van der Waals surface area contributed by atoms with Gasteiger partial charge in [-0.2, -0.15) is 0 Å². The van der Waals surface area contributed by atoms with Crippen LogP contribution in [0.1, 0.15) is 35.6 Å². The molecule has 1 aromatic heterocycles. The second-order valence-corrected chi connectivity index (χ2v) is 6.25. The lowest BCUT2D eigenvalue weighted by atomic mass is 10.1. The van der Waals surface area contributed by atoms with Gasteiger partial charge in [-0.05, 0) is 51.8 Å². The van der Waals surface area contributed by atoms with E-state index in [2.05, 4.69) is 37.9 Å². The summed E-state index contributed by atoms with van der Waals surface area (Å²) in [5.41, 5.74) is 5.90. The third kappa shape index (κ3) is 2.47. The predicted octanol–water partition coefficient (Wildman–Crippen LogP) is 2.79. The van der Waals surface area contributed by atoms with Gasteiger partial charge in [-0.3, -0.25) is 4.90 Å². The second kappa shape index (κ2) is 4.86. The van der Waals surface area contributed by atoms with Gasteiger partial charge in [0.2, 0.25) is 0 Å². The zero-order valence-electron chi connectivity index (χ0n) is 10.4. The lowest BCUT2D eigenvalue weighted by Gasteiger charge is -2.32. The number of nitrogens with two attached hydrogens (primary N) is 1. The molecule has 1 heterocycles. The Labute approximate surface area is 102 Å². The van der Waals surface area contributed by atoms with Crippen LogP contribution in [0.25, 0.3) is 0 Å². The standard InChI is InChI=1S/C13H22N2S/c1-9-4-7-13(16-9)10(2)15(3)12(8-14)11-5-6-11/h4,7,10-12H,5-6,8,14H2,1-3H3. The minimum atomic E-state index is 0.493. The molecule has 1 aliphatic carbocycles. The van der Waals surface area contributed by atoms with E-state index in [4.69, 9.17) is 5.73 Å². The first kappa shape index (κ1) is 12.1. The van der Waals surface area contributed by atoms with E-state index in [9.17, 15) is 0 Å². The Balaban J connectivity index is 2.05. The van der Waals surface area contributed by atoms with Gasteiger partial charge in [0, 0.05) is 28.4 Å². The van der Waals surface area contributed by atoms with Gasteiger partial charge in [0.1, 0.15) is 0 Å². The molecule has 2 N–H and O–H groups in total. The highest BCUT2D eigenvalue weighted by molar-refractivity contribution is 7.12. The summed E-state index contributed by atoms with van der Waals surface area (Å²) < 4.78 is 0. The first-order valence-electron chi connectivity index (χ1n) is 6.11. The SMILES string of the molecule is Cc1ccc(C(C)N(C)C(CN)C2CC2)s1. The van der Waals surface area contributed by atoms with Crippen molar-refractivity contribution in [3.8, 4) is 0 Å². The number of hydrogen-bond donors (Lipinski definition) is 1. The molecule has 2 unspecified atom stereocenters. The van der Waals surface area contributed by atoms with Crippen molar-refractivity contribution in [3.05, 3.63) is 21.9 Å². The van der Waals surface area contributed by atoms with Crippen molar-refractivity contribution in [2.75, 3.05) is 13.6 Å². The number of aryl methyl sites for hydroxylation is 1. The van der Waals surface area contributed by atoms with Crippen molar-refractivity contribution in [1.29, 1.82) is 0 Å². The van der Waals surface area contributed by atoms with E-state index >= 15 is 0 Å². The Hall–Kier alpha value is -0.380. The molecule has 1 saturated carbocycles. The number of nitrogens with zero attached hydrogens (tertiary/aromatic N) is 1. The molecule has 0 spiro atoms. The number of likely N-dealkylation sites (N-methyl/N-ethyl adjacent to an activating group) is 1. The quantitative estimate of drug-likeness (QED) is 0.854. The molecular weight excluding hydrogens is 216 g/mol. The van der Waals surface area contributed by atoms with E-state index in [1.54, 1.807) is 0 Å². The maximum atomic E-state index is 5.90. The van der Waals surface area contributed by atoms with Crippen LogP contribution in [-0.4, -0.2) is 24.5 Å². The highest BCUT2D eigenvalue weighted by atomic mass is 32.1. The van der Waals surface area contributed by atoms with Crippen LogP contribution >= 0.6 is 11.3 Å². The highest BCUT2D eigenvalue weighted by Gasteiger charge is 2.34. The number of hydrogen-bond acceptors (Lipinski definition) is 3. The number of thiophene rings is 1. The van der Waals surface area contributed by atoms with Gasteiger partial charge in [-0.1, -0.05) is 0 Å². The summed E-state index contributed by atoms with van der Waals surface area (Å²) >= 11 is 1.90. The van der Waals surface area contributed by atoms with Crippen molar-refractivity contribution in [1.82, 2.24) is 4.90 Å². The van der Waals surface area contributed by atoms with Gasteiger partial charge in [0.05, 0.1) is 0 Å². The summed E-state index contributed by atoms with van der Waals surface area (Å²) in [6.45, 7) is 5.24. The van der Waals surface area contributed by atoms with Gasteiger partial charge in [-0.25, -0.2) is 0 Å². The zero-order valence-corrected chi connectivity index (χ0v) is 11.3. The molecule has 2 atom stereocenters. The molecule has 0 amide bonds. The summed E-state index contributed by atoms with van der Waals surface area (Å²) in [7, 11) is 2.22. The molecule has 0 bridgehead atoms. The zero-order chi connectivity index (χ0) is 11.7. The molecule has 1 aliphatic rings. The van der Waals surface area contributed by atoms with E-state index in [1.807, 2.05) is 11.3 Å². The molecule has 90 valence electrons. The maximum Gasteiger partial charge on any atom is 0.0413 e. The fraction of sp³-hybridized carbons (Fsp3) is 0.692. The second-order valence-electron chi connectivity index (χ2n) is 4.93. The Morgan fingerprint density at radius 1 is 1.50 bits per heavy atom. The molecule has 0 saturated heterocycles. The van der Waals surface area contributed by atoms with Crippen LogP contribution < -0.4 is 5.73 Å². The molecule has 1 aromatic rings. The van der Waals surface area contributed by atoms with Gasteiger partial charge in [0.25, 0.3) is 0 Å². The van der Waals surface area contributed by atoms with Crippen molar-refractivity contribution >= 4 is 11.3 Å². The molecule has 0 radical (unpaired) electrons. The average molecular weight is 238 g/mol. The van der Waals surface area contributed by atoms with E-state index < -0.39 is 0 Å². The van der Waals surface area contributed by atoms with E-state index in [-0.39, 0.29) is 0 Å². The summed E-state index contributed by atoms with van der Waals surface area (Å²) in [6, 6.07) is 5.52. The summed E-state index contributed by atoms with van der Waals surface area (Å²) in [4.78, 5) is 5.31. The molecule has 3 heteroatoms. The van der Waals surface area contributed by atoms with E-state index in [1.165, 1.54) is 22.6 Å².